The van der Waals surface area contributed by atoms with Gasteiger partial charge in [-0.25, -0.2) is 0 Å². The molecule has 1 aromatic carbocycles. The van der Waals surface area contributed by atoms with Crippen LogP contribution in [0, 0.1) is 0 Å². The van der Waals surface area contributed by atoms with Gasteiger partial charge in [0.15, 0.2) is 0 Å². The van der Waals surface area contributed by atoms with Crippen LogP contribution in [-0.2, 0) is 0 Å². The first-order valence-electron chi connectivity index (χ1n) is 4.26. The fourth-order valence-corrected chi connectivity index (χ4v) is 0.806. The second-order valence-corrected chi connectivity index (χ2v) is 2.20. The normalized spacial score (nSPS) is 11.3. The smallest absolute Gasteiger partial charge is 0.0624 e. The van der Waals surface area contributed by atoms with E-state index in [0.717, 1.165) is 5.56 Å². The largest absolute Gasteiger partial charge is 0.394 e. The summed E-state index contributed by atoms with van der Waals surface area (Å²) in [5.41, 5.74) is 6.52. The highest BCUT2D eigenvalue weighted by molar-refractivity contribution is 5.18. The van der Waals surface area contributed by atoms with E-state index in [1.165, 1.54) is 0 Å². The van der Waals surface area contributed by atoms with Crippen LogP contribution in [0.4, 0.5) is 0 Å². The molecule has 2 heteroatoms. The van der Waals surface area contributed by atoms with Gasteiger partial charge < -0.3 is 10.8 Å². The molecule has 0 heterocycles. The molecule has 2 nitrogen and oxygen atoms in total. The summed E-state index contributed by atoms with van der Waals surface area (Å²) < 4.78 is 0. The summed E-state index contributed by atoms with van der Waals surface area (Å²) in [6.45, 7) is 4.00. The Hall–Kier alpha value is -0.860. The van der Waals surface area contributed by atoms with Crippen molar-refractivity contribution in [2.45, 2.75) is 19.9 Å². The van der Waals surface area contributed by atoms with Crippen LogP contribution in [0.25, 0.3) is 0 Å². The molecule has 1 unspecified atom stereocenters. The average Bonchev–Trinajstić information content (AvgIpc) is 2.21. The molecule has 0 amide bonds. The van der Waals surface area contributed by atoms with E-state index in [4.69, 9.17) is 10.8 Å². The standard InChI is InChI=1S/C8H11NO.C2H6/c9-8(6-10)7-4-2-1-3-5-7;1-2/h1-5,8,10H,6,9H2;1-2H3. The Kier molecular flexibility index (Phi) is 6.34. The zero-order valence-electron chi connectivity index (χ0n) is 7.70. The fourth-order valence-electron chi connectivity index (χ4n) is 0.806. The van der Waals surface area contributed by atoms with Crippen molar-refractivity contribution in [2.24, 2.45) is 5.73 Å². The van der Waals surface area contributed by atoms with Crippen molar-refractivity contribution in [1.29, 1.82) is 0 Å². The highest BCUT2D eigenvalue weighted by Gasteiger charge is 2.00. The maximum absolute atomic E-state index is 8.66. The lowest BCUT2D eigenvalue weighted by Crippen LogP contribution is -2.13. The second-order valence-electron chi connectivity index (χ2n) is 2.20. The monoisotopic (exact) mass is 167 g/mol. The summed E-state index contributed by atoms with van der Waals surface area (Å²) in [6, 6.07) is 9.31. The van der Waals surface area contributed by atoms with Crippen LogP contribution in [0.1, 0.15) is 25.5 Å². The van der Waals surface area contributed by atoms with Gasteiger partial charge in [0.2, 0.25) is 0 Å². The van der Waals surface area contributed by atoms with E-state index in [1.54, 1.807) is 0 Å². The van der Waals surface area contributed by atoms with Crippen LogP contribution in [-0.4, -0.2) is 11.7 Å². The summed E-state index contributed by atoms with van der Waals surface area (Å²) in [4.78, 5) is 0. The average molecular weight is 167 g/mol. The first-order chi connectivity index (χ1) is 5.84. The van der Waals surface area contributed by atoms with Crippen LogP contribution in [0.3, 0.4) is 0 Å². The number of hydrogen-bond donors (Lipinski definition) is 2. The summed E-state index contributed by atoms with van der Waals surface area (Å²) in [5.74, 6) is 0. The van der Waals surface area contributed by atoms with Crippen LogP contribution in [0.15, 0.2) is 30.3 Å². The van der Waals surface area contributed by atoms with Gasteiger partial charge in [0, 0.05) is 0 Å². The minimum Gasteiger partial charge on any atom is -0.394 e. The van der Waals surface area contributed by atoms with E-state index < -0.39 is 0 Å². The molecule has 0 fully saturated rings. The van der Waals surface area contributed by atoms with Gasteiger partial charge in [-0.3, -0.25) is 0 Å². The summed E-state index contributed by atoms with van der Waals surface area (Å²) in [5, 5.41) is 8.66. The molecule has 1 rings (SSSR count). The van der Waals surface area contributed by atoms with Crippen molar-refractivity contribution in [3.63, 3.8) is 0 Å². The van der Waals surface area contributed by atoms with E-state index in [1.807, 2.05) is 44.2 Å². The Balaban J connectivity index is 0.000000561. The summed E-state index contributed by atoms with van der Waals surface area (Å²) in [7, 11) is 0. The van der Waals surface area contributed by atoms with Crippen LogP contribution >= 0.6 is 0 Å². The fraction of sp³-hybridized carbons (Fsp3) is 0.400. The Bertz CT molecular complexity index is 186. The zero-order chi connectivity index (χ0) is 9.40. The number of aliphatic hydroxyl groups excluding tert-OH is 1. The molecule has 0 aliphatic carbocycles. The minimum absolute atomic E-state index is 0.00398. The Morgan fingerprint density at radius 2 is 1.75 bits per heavy atom. The van der Waals surface area contributed by atoms with Crippen molar-refractivity contribution in [2.75, 3.05) is 6.61 Å². The molecule has 12 heavy (non-hydrogen) atoms. The van der Waals surface area contributed by atoms with Gasteiger partial charge in [-0.2, -0.15) is 0 Å². The molecule has 3 N–H and O–H groups in total. The van der Waals surface area contributed by atoms with Crippen molar-refractivity contribution < 1.29 is 5.11 Å². The van der Waals surface area contributed by atoms with Gasteiger partial charge in [0.05, 0.1) is 12.6 Å². The van der Waals surface area contributed by atoms with Crippen LogP contribution in [0.5, 0.6) is 0 Å². The number of nitrogens with two attached hydrogens (primary N) is 1. The SMILES string of the molecule is CC.NC(CO)c1ccccc1. The van der Waals surface area contributed by atoms with E-state index in [-0.39, 0.29) is 12.6 Å². The van der Waals surface area contributed by atoms with Crippen molar-refractivity contribution in [3.05, 3.63) is 35.9 Å². The van der Waals surface area contributed by atoms with Crippen LogP contribution < -0.4 is 5.73 Å². The van der Waals surface area contributed by atoms with Crippen molar-refractivity contribution >= 4 is 0 Å². The number of hydrogen-bond acceptors (Lipinski definition) is 2. The third-order valence-corrected chi connectivity index (χ3v) is 1.42. The third kappa shape index (κ3) is 3.51. The molecule has 0 aromatic heterocycles. The molecule has 0 spiro atoms. The van der Waals surface area contributed by atoms with Crippen molar-refractivity contribution in [1.82, 2.24) is 0 Å². The molecule has 1 atom stereocenters. The van der Waals surface area contributed by atoms with Gasteiger partial charge in [-0.15, -0.1) is 0 Å². The molecular weight excluding hydrogens is 150 g/mol. The van der Waals surface area contributed by atoms with E-state index in [9.17, 15) is 0 Å². The van der Waals surface area contributed by atoms with Crippen molar-refractivity contribution in [3.8, 4) is 0 Å². The van der Waals surface area contributed by atoms with E-state index >= 15 is 0 Å². The molecule has 0 saturated heterocycles. The zero-order valence-corrected chi connectivity index (χ0v) is 7.70. The molecule has 0 aliphatic rings. The molecular formula is C10H17NO. The second kappa shape index (κ2) is 6.83. The molecule has 0 bridgehead atoms. The Morgan fingerprint density at radius 3 is 2.17 bits per heavy atom. The van der Waals surface area contributed by atoms with Gasteiger partial charge in [0.1, 0.15) is 0 Å². The number of benzene rings is 1. The third-order valence-electron chi connectivity index (χ3n) is 1.42. The Morgan fingerprint density at radius 1 is 1.25 bits per heavy atom. The molecule has 0 aliphatic heterocycles. The highest BCUT2D eigenvalue weighted by atomic mass is 16.3. The topological polar surface area (TPSA) is 46.2 Å². The predicted molar refractivity (Wildman–Crippen MR) is 51.8 cm³/mol. The maximum atomic E-state index is 8.66. The molecule has 0 radical (unpaired) electrons. The first kappa shape index (κ1) is 11.1. The number of rotatable bonds is 2. The van der Waals surface area contributed by atoms with Gasteiger partial charge >= 0.3 is 0 Å². The van der Waals surface area contributed by atoms with Gasteiger partial charge in [0.25, 0.3) is 0 Å². The predicted octanol–water partition coefficient (Wildman–Crippen LogP) is 1.70. The first-order valence-corrected chi connectivity index (χ1v) is 4.26. The van der Waals surface area contributed by atoms with E-state index in [0.29, 0.717) is 0 Å². The molecule has 1 aromatic rings. The van der Waals surface area contributed by atoms with E-state index in [2.05, 4.69) is 0 Å². The van der Waals surface area contributed by atoms with Crippen LogP contribution in [0.2, 0.25) is 0 Å². The minimum atomic E-state index is -0.235. The molecule has 0 saturated carbocycles. The lowest BCUT2D eigenvalue weighted by Gasteiger charge is -2.06. The quantitative estimate of drug-likeness (QED) is 0.704. The maximum Gasteiger partial charge on any atom is 0.0624 e. The van der Waals surface area contributed by atoms with Gasteiger partial charge in [-0.1, -0.05) is 44.2 Å². The lowest BCUT2D eigenvalue weighted by atomic mass is 10.1. The Labute approximate surface area is 74.0 Å². The molecule has 68 valence electrons. The number of aliphatic hydroxyl groups is 1. The lowest BCUT2D eigenvalue weighted by molar-refractivity contribution is 0.268. The summed E-state index contributed by atoms with van der Waals surface area (Å²) in [6.07, 6.45) is 0. The highest BCUT2D eigenvalue weighted by Crippen LogP contribution is 2.06. The van der Waals surface area contributed by atoms with Gasteiger partial charge in [-0.05, 0) is 5.56 Å². The summed E-state index contributed by atoms with van der Waals surface area (Å²) >= 11 is 0.